The van der Waals surface area contributed by atoms with E-state index in [4.69, 9.17) is 11.2 Å². The zero-order chi connectivity index (χ0) is 11.4. The molecule has 0 aliphatic rings. The quantitative estimate of drug-likeness (QED) is 0.674. The molecule has 0 aromatic heterocycles. The molecule has 4 nitrogen and oxygen atoms in total. The van der Waals surface area contributed by atoms with Crippen LogP contribution in [0.2, 0.25) is 0 Å². The molecule has 1 atom stereocenters. The molecule has 0 heterocycles. The molecule has 0 aliphatic heterocycles. The number of nitrogens with one attached hydrogen (secondary N) is 1. The summed E-state index contributed by atoms with van der Waals surface area (Å²) < 4.78 is 4.92. The van der Waals surface area contributed by atoms with Crippen molar-refractivity contribution in [3.05, 3.63) is 0 Å². The molecule has 0 spiro atoms. The third-order valence-corrected chi connectivity index (χ3v) is 1.23. The zero-order valence-corrected chi connectivity index (χ0v) is 8.88. The highest BCUT2D eigenvalue weighted by Gasteiger charge is 2.20. The largest absolute Gasteiger partial charge is 0.444 e. The van der Waals surface area contributed by atoms with Crippen LogP contribution in [0, 0.1) is 12.3 Å². The Morgan fingerprint density at radius 3 is 2.21 bits per heavy atom. The lowest BCUT2D eigenvalue weighted by Gasteiger charge is -2.20. The van der Waals surface area contributed by atoms with Crippen molar-refractivity contribution in [3.63, 3.8) is 0 Å². The minimum atomic E-state index is -0.912. The summed E-state index contributed by atoms with van der Waals surface area (Å²) in [5.74, 6) is 1.86. The van der Waals surface area contributed by atoms with Gasteiger partial charge in [0.2, 0.25) is 0 Å². The molecule has 0 bridgehead atoms. The molecule has 0 rings (SSSR count). The van der Waals surface area contributed by atoms with Gasteiger partial charge in [-0.05, 0) is 27.7 Å². The van der Waals surface area contributed by atoms with E-state index < -0.39 is 17.7 Å². The van der Waals surface area contributed by atoms with E-state index in [9.17, 15) is 9.59 Å². The SMILES string of the molecule is C#C[C@H](NC(=O)OC(C)(C)C)C(C)=O. The lowest BCUT2D eigenvalue weighted by atomic mass is 10.2. The number of carbonyl (C=O) groups excluding carboxylic acids is 2. The van der Waals surface area contributed by atoms with Gasteiger partial charge in [-0.25, -0.2) is 4.79 Å². The van der Waals surface area contributed by atoms with Gasteiger partial charge in [-0.1, -0.05) is 5.92 Å². The van der Waals surface area contributed by atoms with E-state index in [0.29, 0.717) is 0 Å². The number of alkyl carbamates (subject to hydrolysis) is 1. The average molecular weight is 197 g/mol. The van der Waals surface area contributed by atoms with Gasteiger partial charge < -0.3 is 10.1 Å². The summed E-state index contributed by atoms with van der Waals surface area (Å²) in [7, 11) is 0. The Hall–Kier alpha value is -1.50. The van der Waals surface area contributed by atoms with Gasteiger partial charge in [0, 0.05) is 0 Å². The molecule has 78 valence electrons. The van der Waals surface area contributed by atoms with E-state index in [1.54, 1.807) is 20.8 Å². The standard InChI is InChI=1S/C10H15NO3/c1-6-8(7(2)12)11-9(13)14-10(3,4)5/h1,8H,2-5H3,(H,11,13)/t8-/m0/s1. The van der Waals surface area contributed by atoms with Gasteiger partial charge >= 0.3 is 6.09 Å². The molecule has 0 aromatic rings. The van der Waals surface area contributed by atoms with E-state index in [0.717, 1.165) is 0 Å². The second-order valence-corrected chi connectivity index (χ2v) is 3.86. The number of hydrogen-bond donors (Lipinski definition) is 1. The maximum atomic E-state index is 11.2. The fraction of sp³-hybridized carbons (Fsp3) is 0.600. The van der Waals surface area contributed by atoms with Crippen LogP contribution in [0.5, 0.6) is 0 Å². The van der Waals surface area contributed by atoms with Gasteiger partial charge in [0.1, 0.15) is 5.60 Å². The summed E-state index contributed by atoms with van der Waals surface area (Å²) in [4.78, 5) is 22.0. The second kappa shape index (κ2) is 4.66. The van der Waals surface area contributed by atoms with Crippen molar-refractivity contribution in [3.8, 4) is 12.3 Å². The first-order valence-electron chi connectivity index (χ1n) is 4.22. The second-order valence-electron chi connectivity index (χ2n) is 3.86. The monoisotopic (exact) mass is 197 g/mol. The van der Waals surface area contributed by atoms with Crippen molar-refractivity contribution in [2.45, 2.75) is 39.3 Å². The maximum Gasteiger partial charge on any atom is 0.409 e. The fourth-order valence-electron chi connectivity index (χ4n) is 0.686. The highest BCUT2D eigenvalue weighted by Crippen LogP contribution is 2.06. The zero-order valence-electron chi connectivity index (χ0n) is 8.88. The van der Waals surface area contributed by atoms with Crippen molar-refractivity contribution in [1.82, 2.24) is 5.32 Å². The van der Waals surface area contributed by atoms with Crippen molar-refractivity contribution in [2.24, 2.45) is 0 Å². The average Bonchev–Trinajstić information content (AvgIpc) is 1.96. The molecule has 14 heavy (non-hydrogen) atoms. The number of hydrogen-bond acceptors (Lipinski definition) is 3. The van der Waals surface area contributed by atoms with Gasteiger partial charge in [-0.15, -0.1) is 6.42 Å². The lowest BCUT2D eigenvalue weighted by molar-refractivity contribution is -0.117. The van der Waals surface area contributed by atoms with Crippen molar-refractivity contribution < 1.29 is 14.3 Å². The lowest BCUT2D eigenvalue weighted by Crippen LogP contribution is -2.41. The van der Waals surface area contributed by atoms with Crippen molar-refractivity contribution in [2.75, 3.05) is 0 Å². The van der Waals surface area contributed by atoms with Gasteiger partial charge in [0.05, 0.1) is 0 Å². The molecular weight excluding hydrogens is 182 g/mol. The smallest absolute Gasteiger partial charge is 0.409 e. The first-order valence-corrected chi connectivity index (χ1v) is 4.22. The summed E-state index contributed by atoms with van der Waals surface area (Å²) >= 11 is 0. The van der Waals surface area contributed by atoms with Gasteiger partial charge in [-0.2, -0.15) is 0 Å². The normalized spacial score (nSPS) is 12.5. The predicted molar refractivity (Wildman–Crippen MR) is 52.7 cm³/mol. The first-order chi connectivity index (χ1) is 6.26. The maximum absolute atomic E-state index is 11.2. The summed E-state index contributed by atoms with van der Waals surface area (Å²) in [6.07, 6.45) is 4.36. The number of rotatable bonds is 2. The fourth-order valence-corrected chi connectivity index (χ4v) is 0.686. The van der Waals surface area contributed by atoms with E-state index in [1.165, 1.54) is 6.92 Å². The van der Waals surface area contributed by atoms with Crippen LogP contribution in [0.4, 0.5) is 4.79 Å². The van der Waals surface area contributed by atoms with Crippen LogP contribution in [0.15, 0.2) is 0 Å². The molecule has 0 saturated carbocycles. The molecule has 0 radical (unpaired) electrons. The Morgan fingerprint density at radius 1 is 1.43 bits per heavy atom. The summed E-state index contributed by atoms with van der Waals surface area (Å²) in [5.41, 5.74) is -0.597. The number of ether oxygens (including phenoxy) is 1. The van der Waals surface area contributed by atoms with E-state index in [1.807, 2.05) is 0 Å². The Labute approximate surface area is 84.0 Å². The minimum absolute atomic E-state index is 0.293. The Bertz CT molecular complexity index is 270. The van der Waals surface area contributed by atoms with Crippen LogP contribution < -0.4 is 5.32 Å². The first kappa shape index (κ1) is 12.5. The van der Waals surface area contributed by atoms with Crippen LogP contribution in [0.1, 0.15) is 27.7 Å². The predicted octanol–water partition coefficient (Wildman–Crippen LogP) is 1.10. The molecule has 1 N–H and O–H groups in total. The van der Waals surface area contributed by atoms with Crippen LogP contribution in [-0.2, 0) is 9.53 Å². The van der Waals surface area contributed by atoms with E-state index in [-0.39, 0.29) is 5.78 Å². The molecular formula is C10H15NO3. The number of Topliss-reactive ketones (excluding diaryl/α,β-unsaturated/α-hetero) is 1. The number of terminal acetylenes is 1. The van der Waals surface area contributed by atoms with E-state index >= 15 is 0 Å². The number of ketones is 1. The highest BCUT2D eigenvalue weighted by atomic mass is 16.6. The van der Waals surface area contributed by atoms with Crippen molar-refractivity contribution in [1.29, 1.82) is 0 Å². The Kier molecular flexibility index (Phi) is 4.16. The van der Waals surface area contributed by atoms with Crippen LogP contribution in [-0.4, -0.2) is 23.5 Å². The molecule has 0 unspecified atom stereocenters. The third-order valence-electron chi connectivity index (χ3n) is 1.23. The molecule has 4 heteroatoms. The van der Waals surface area contributed by atoms with E-state index in [2.05, 4.69) is 11.2 Å². The van der Waals surface area contributed by atoms with Crippen LogP contribution in [0.25, 0.3) is 0 Å². The number of carbonyl (C=O) groups is 2. The molecule has 1 amide bonds. The topological polar surface area (TPSA) is 55.4 Å². The molecule has 0 aliphatic carbocycles. The van der Waals surface area contributed by atoms with Gasteiger partial charge in [-0.3, -0.25) is 4.79 Å². The van der Waals surface area contributed by atoms with Crippen molar-refractivity contribution >= 4 is 11.9 Å². The molecule has 0 fully saturated rings. The highest BCUT2D eigenvalue weighted by molar-refractivity contribution is 5.88. The van der Waals surface area contributed by atoms with Crippen LogP contribution in [0.3, 0.4) is 0 Å². The van der Waals surface area contributed by atoms with Crippen LogP contribution >= 0.6 is 0 Å². The Morgan fingerprint density at radius 2 is 1.93 bits per heavy atom. The van der Waals surface area contributed by atoms with Gasteiger partial charge in [0.25, 0.3) is 0 Å². The molecule has 0 saturated heterocycles. The Balaban J connectivity index is 4.20. The molecule has 0 aromatic carbocycles. The number of amides is 1. The summed E-state index contributed by atoms with van der Waals surface area (Å²) in [6, 6.07) is -0.912. The summed E-state index contributed by atoms with van der Waals surface area (Å²) in [6.45, 7) is 6.49. The van der Waals surface area contributed by atoms with Gasteiger partial charge in [0.15, 0.2) is 11.8 Å². The summed E-state index contributed by atoms with van der Waals surface area (Å²) in [5, 5.41) is 2.28. The minimum Gasteiger partial charge on any atom is -0.444 e. The third kappa shape index (κ3) is 5.20.